The van der Waals surface area contributed by atoms with E-state index in [0.29, 0.717) is 34.0 Å². The maximum absolute atomic E-state index is 13.8. The summed E-state index contributed by atoms with van der Waals surface area (Å²) in [4.78, 5) is 28.8. The van der Waals surface area contributed by atoms with E-state index in [1.807, 2.05) is 58.0 Å². The Hall–Kier alpha value is -4.06. The number of rotatable bonds is 6. The van der Waals surface area contributed by atoms with Crippen LogP contribution in [-0.4, -0.2) is 26.0 Å². The lowest BCUT2D eigenvalue weighted by atomic mass is 9.97. The van der Waals surface area contributed by atoms with E-state index in [1.54, 1.807) is 38.5 Å². The second-order valence-electron chi connectivity index (χ2n) is 8.47. The lowest BCUT2D eigenvalue weighted by Crippen LogP contribution is -2.32. The van der Waals surface area contributed by atoms with Crippen LogP contribution in [0.2, 0.25) is 0 Å². The van der Waals surface area contributed by atoms with Crippen molar-refractivity contribution in [1.82, 2.24) is 0 Å². The van der Waals surface area contributed by atoms with E-state index in [1.165, 1.54) is 4.90 Å². The zero-order chi connectivity index (χ0) is 24.6. The molecular formula is C28H28N2O4. The van der Waals surface area contributed by atoms with Gasteiger partial charge >= 0.3 is 0 Å². The fourth-order valence-corrected chi connectivity index (χ4v) is 4.14. The predicted octanol–water partition coefficient (Wildman–Crippen LogP) is 5.33. The molecule has 6 nitrogen and oxygen atoms in total. The highest BCUT2D eigenvalue weighted by Crippen LogP contribution is 2.38. The van der Waals surface area contributed by atoms with Crippen molar-refractivity contribution < 1.29 is 19.1 Å². The fraction of sp³-hybridized carbons (Fsp3) is 0.214. The number of amides is 2. The van der Waals surface area contributed by atoms with Gasteiger partial charge < -0.3 is 14.8 Å². The number of benzene rings is 3. The van der Waals surface area contributed by atoms with E-state index in [-0.39, 0.29) is 11.6 Å². The zero-order valence-electron chi connectivity index (χ0n) is 20.3. The van der Waals surface area contributed by atoms with Gasteiger partial charge in [0.2, 0.25) is 0 Å². The topological polar surface area (TPSA) is 67.9 Å². The Bertz CT molecular complexity index is 1340. The molecule has 0 unspecified atom stereocenters. The van der Waals surface area contributed by atoms with E-state index >= 15 is 0 Å². The van der Waals surface area contributed by atoms with E-state index in [0.717, 1.165) is 22.3 Å². The average Bonchev–Trinajstić information content (AvgIpc) is 3.05. The Morgan fingerprint density at radius 3 is 2.15 bits per heavy atom. The number of hydrogen-bond acceptors (Lipinski definition) is 5. The van der Waals surface area contributed by atoms with Crippen molar-refractivity contribution in [2.45, 2.75) is 27.7 Å². The Balaban J connectivity index is 1.89. The van der Waals surface area contributed by atoms with Crippen LogP contribution >= 0.6 is 0 Å². The van der Waals surface area contributed by atoms with Crippen LogP contribution in [0.4, 0.5) is 11.4 Å². The molecule has 0 saturated heterocycles. The number of nitrogens with one attached hydrogen (secondary N) is 1. The highest BCUT2D eigenvalue weighted by atomic mass is 16.5. The van der Waals surface area contributed by atoms with Gasteiger partial charge in [-0.15, -0.1) is 0 Å². The van der Waals surface area contributed by atoms with E-state index < -0.39 is 5.91 Å². The summed E-state index contributed by atoms with van der Waals surface area (Å²) in [6.45, 7) is 7.89. The Kier molecular flexibility index (Phi) is 6.16. The SMILES string of the molecule is COc1ccc(OC)c(NC2=C(c3ccc(C)cc3C)C(=O)N(c3ccc(C)c(C)c3)C2=O)c1. The number of aryl methyl sites for hydroxylation is 4. The van der Waals surface area contributed by atoms with Crippen molar-refractivity contribution in [2.75, 3.05) is 24.4 Å². The molecule has 1 aliphatic heterocycles. The molecular weight excluding hydrogens is 428 g/mol. The third-order valence-corrected chi connectivity index (χ3v) is 6.15. The van der Waals surface area contributed by atoms with E-state index in [9.17, 15) is 9.59 Å². The molecule has 0 atom stereocenters. The van der Waals surface area contributed by atoms with Crippen molar-refractivity contribution in [2.24, 2.45) is 0 Å². The summed E-state index contributed by atoms with van der Waals surface area (Å²) < 4.78 is 10.8. The minimum Gasteiger partial charge on any atom is -0.497 e. The molecule has 174 valence electrons. The Labute approximate surface area is 199 Å². The first-order chi connectivity index (χ1) is 16.2. The summed E-state index contributed by atoms with van der Waals surface area (Å²) in [7, 11) is 3.12. The van der Waals surface area contributed by atoms with Gasteiger partial charge in [0.15, 0.2) is 0 Å². The molecule has 0 spiro atoms. The molecule has 3 aromatic rings. The van der Waals surface area contributed by atoms with Gasteiger partial charge in [0.1, 0.15) is 17.2 Å². The van der Waals surface area contributed by atoms with Gasteiger partial charge in [0.25, 0.3) is 11.8 Å². The first-order valence-corrected chi connectivity index (χ1v) is 11.0. The number of imide groups is 1. The van der Waals surface area contributed by atoms with Gasteiger partial charge in [-0.1, -0.05) is 29.8 Å². The summed E-state index contributed by atoms with van der Waals surface area (Å²) in [5.41, 5.74) is 6.37. The van der Waals surface area contributed by atoms with Gasteiger partial charge in [-0.2, -0.15) is 0 Å². The summed E-state index contributed by atoms with van der Waals surface area (Å²) in [6.07, 6.45) is 0. The minimum absolute atomic E-state index is 0.196. The molecule has 0 fully saturated rings. The van der Waals surface area contributed by atoms with Crippen molar-refractivity contribution in [3.8, 4) is 11.5 Å². The van der Waals surface area contributed by atoms with Crippen molar-refractivity contribution in [3.63, 3.8) is 0 Å². The zero-order valence-corrected chi connectivity index (χ0v) is 20.3. The van der Waals surface area contributed by atoms with Gasteiger partial charge in [0.05, 0.1) is 31.2 Å². The highest BCUT2D eigenvalue weighted by molar-refractivity contribution is 6.46. The van der Waals surface area contributed by atoms with Crippen molar-refractivity contribution in [1.29, 1.82) is 0 Å². The summed E-state index contributed by atoms with van der Waals surface area (Å²) in [6, 6.07) is 16.7. The summed E-state index contributed by atoms with van der Waals surface area (Å²) in [5.74, 6) is 0.329. The molecule has 1 N–H and O–H groups in total. The van der Waals surface area contributed by atoms with Gasteiger partial charge in [-0.25, -0.2) is 4.90 Å². The largest absolute Gasteiger partial charge is 0.497 e. The number of nitrogens with zero attached hydrogens (tertiary/aromatic N) is 1. The number of carbonyl (C=O) groups is 2. The van der Waals surface area contributed by atoms with Crippen LogP contribution in [0.5, 0.6) is 11.5 Å². The third-order valence-electron chi connectivity index (χ3n) is 6.15. The van der Waals surface area contributed by atoms with E-state index in [2.05, 4.69) is 5.32 Å². The van der Waals surface area contributed by atoms with Crippen LogP contribution in [0, 0.1) is 27.7 Å². The van der Waals surface area contributed by atoms with Gasteiger partial charge in [-0.05, 0) is 74.2 Å². The monoisotopic (exact) mass is 456 g/mol. The maximum atomic E-state index is 13.8. The van der Waals surface area contributed by atoms with Crippen molar-refractivity contribution >= 4 is 28.8 Å². The molecule has 0 aliphatic carbocycles. The van der Waals surface area contributed by atoms with Crippen molar-refractivity contribution in [3.05, 3.63) is 88.1 Å². The second kappa shape index (κ2) is 9.06. The quantitative estimate of drug-likeness (QED) is 0.508. The van der Waals surface area contributed by atoms with Gasteiger partial charge in [-0.3, -0.25) is 9.59 Å². The molecule has 4 rings (SSSR count). The number of carbonyl (C=O) groups excluding carboxylic acids is 2. The Morgan fingerprint density at radius 1 is 0.735 bits per heavy atom. The second-order valence-corrected chi connectivity index (χ2v) is 8.47. The third kappa shape index (κ3) is 4.03. The average molecular weight is 457 g/mol. The summed E-state index contributed by atoms with van der Waals surface area (Å²) in [5, 5.41) is 3.19. The number of methoxy groups -OCH3 is 2. The number of anilines is 2. The van der Waals surface area contributed by atoms with Crippen LogP contribution in [0.15, 0.2) is 60.3 Å². The fourth-order valence-electron chi connectivity index (χ4n) is 4.14. The first-order valence-electron chi connectivity index (χ1n) is 11.0. The predicted molar refractivity (Wildman–Crippen MR) is 134 cm³/mol. The van der Waals surface area contributed by atoms with Crippen LogP contribution < -0.4 is 19.7 Å². The minimum atomic E-state index is -0.423. The van der Waals surface area contributed by atoms with Gasteiger partial charge in [0, 0.05) is 6.07 Å². The highest BCUT2D eigenvalue weighted by Gasteiger charge is 2.41. The Morgan fingerprint density at radius 2 is 1.50 bits per heavy atom. The molecule has 6 heteroatoms. The molecule has 0 aromatic heterocycles. The van der Waals surface area contributed by atoms with Crippen LogP contribution in [-0.2, 0) is 9.59 Å². The van der Waals surface area contributed by atoms with E-state index in [4.69, 9.17) is 9.47 Å². The molecule has 1 aliphatic rings. The number of hydrogen-bond donors (Lipinski definition) is 1. The lowest BCUT2D eigenvalue weighted by Gasteiger charge is -2.17. The molecule has 0 radical (unpaired) electrons. The van der Waals surface area contributed by atoms with Crippen LogP contribution in [0.1, 0.15) is 27.8 Å². The standard InChI is InChI=1S/C28H28N2O4/c1-16-7-11-22(19(4)13-16)25-26(29-23-15-21(33-5)10-12-24(23)34-6)28(32)30(27(25)31)20-9-8-17(2)18(3)14-20/h7-15,29H,1-6H3. The molecule has 3 aromatic carbocycles. The molecule has 2 amide bonds. The normalized spacial score (nSPS) is 13.5. The molecule has 34 heavy (non-hydrogen) atoms. The molecule has 0 bridgehead atoms. The maximum Gasteiger partial charge on any atom is 0.282 e. The van der Waals surface area contributed by atoms with Crippen LogP contribution in [0.3, 0.4) is 0 Å². The summed E-state index contributed by atoms with van der Waals surface area (Å²) >= 11 is 0. The number of ether oxygens (including phenoxy) is 2. The van der Waals surface area contributed by atoms with Crippen LogP contribution in [0.25, 0.3) is 5.57 Å². The first kappa shape index (κ1) is 23.1. The molecule has 0 saturated carbocycles. The molecule has 1 heterocycles. The lowest BCUT2D eigenvalue weighted by molar-refractivity contribution is -0.120. The smallest absolute Gasteiger partial charge is 0.282 e.